The number of halogens is 2. The molecule has 1 aromatic heterocycles. The van der Waals surface area contributed by atoms with Crippen molar-refractivity contribution < 1.29 is 0 Å². The Labute approximate surface area is 133 Å². The molecule has 1 aliphatic carbocycles. The van der Waals surface area contributed by atoms with Gasteiger partial charge in [-0.1, -0.05) is 48.5 Å². The monoisotopic (exact) mass is 390 g/mol. The van der Waals surface area contributed by atoms with Crippen molar-refractivity contribution in [3.05, 3.63) is 15.9 Å². The molecule has 0 aliphatic heterocycles. The molecule has 2 nitrogen and oxygen atoms in total. The highest BCUT2D eigenvalue weighted by atomic mass is 79.9. The second kappa shape index (κ2) is 7.26. The first-order chi connectivity index (χ1) is 9.21. The third-order valence-electron chi connectivity index (χ3n) is 4.41. The smallest absolute Gasteiger partial charge is 0.0766 e. The zero-order valence-electron chi connectivity index (χ0n) is 12.0. The van der Waals surface area contributed by atoms with Crippen LogP contribution in [0.3, 0.4) is 0 Å². The SMILES string of the molecule is CCc1nn(CC)c(CC(CBr)C2CCCC2)c1Br. The van der Waals surface area contributed by atoms with Gasteiger partial charge in [0.15, 0.2) is 0 Å². The normalized spacial score (nSPS) is 18.1. The molecule has 0 bridgehead atoms. The van der Waals surface area contributed by atoms with Crippen molar-refractivity contribution >= 4 is 31.9 Å². The lowest BCUT2D eigenvalue weighted by Gasteiger charge is -2.21. The van der Waals surface area contributed by atoms with E-state index in [1.165, 1.54) is 41.5 Å². The first-order valence-corrected chi connectivity index (χ1v) is 9.42. The van der Waals surface area contributed by atoms with Gasteiger partial charge in [-0.25, -0.2) is 0 Å². The number of aryl methyl sites for hydroxylation is 2. The summed E-state index contributed by atoms with van der Waals surface area (Å²) in [5.74, 6) is 1.65. The standard InChI is InChI=1S/C15H24Br2N2/c1-3-13-15(17)14(19(4-2)18-13)9-12(10-16)11-7-5-6-8-11/h11-12H,3-10H2,1-2H3. The Morgan fingerprint density at radius 3 is 2.53 bits per heavy atom. The van der Waals surface area contributed by atoms with Gasteiger partial charge in [-0.05, 0) is 47.5 Å². The molecule has 0 saturated heterocycles. The third-order valence-corrected chi connectivity index (χ3v) is 6.16. The molecule has 2 rings (SSSR count). The van der Waals surface area contributed by atoms with E-state index in [1.807, 2.05) is 0 Å². The quantitative estimate of drug-likeness (QED) is 0.625. The number of rotatable bonds is 6. The summed E-state index contributed by atoms with van der Waals surface area (Å²) >= 11 is 7.50. The fourth-order valence-corrected chi connectivity index (χ4v) is 4.72. The van der Waals surface area contributed by atoms with E-state index in [9.17, 15) is 0 Å². The molecule has 1 aliphatic rings. The molecule has 0 spiro atoms. The molecule has 0 aromatic carbocycles. The van der Waals surface area contributed by atoms with Crippen molar-refractivity contribution in [3.8, 4) is 0 Å². The van der Waals surface area contributed by atoms with Gasteiger partial charge in [0.05, 0.1) is 15.9 Å². The predicted octanol–water partition coefficient (Wildman–Crippen LogP) is 4.97. The lowest BCUT2D eigenvalue weighted by molar-refractivity contribution is 0.363. The van der Waals surface area contributed by atoms with Crippen LogP contribution in [0.2, 0.25) is 0 Å². The summed E-state index contributed by atoms with van der Waals surface area (Å²) in [5.41, 5.74) is 2.60. The predicted molar refractivity (Wildman–Crippen MR) is 87.9 cm³/mol. The Balaban J connectivity index is 2.18. The summed E-state index contributed by atoms with van der Waals surface area (Å²) in [4.78, 5) is 0. The molecule has 1 unspecified atom stereocenters. The molecule has 0 N–H and O–H groups in total. The molecule has 1 atom stereocenters. The fourth-order valence-electron chi connectivity index (χ4n) is 3.24. The Bertz CT molecular complexity index is 409. The van der Waals surface area contributed by atoms with Crippen molar-refractivity contribution in [1.82, 2.24) is 9.78 Å². The molecule has 0 radical (unpaired) electrons. The first kappa shape index (κ1) is 15.6. The second-order valence-electron chi connectivity index (χ2n) is 5.54. The average molecular weight is 392 g/mol. The molecule has 19 heavy (non-hydrogen) atoms. The Morgan fingerprint density at radius 1 is 1.32 bits per heavy atom. The van der Waals surface area contributed by atoms with Crippen LogP contribution in [0.4, 0.5) is 0 Å². The molecule has 1 fully saturated rings. The summed E-state index contributed by atoms with van der Waals surface area (Å²) in [6.07, 6.45) is 7.81. The van der Waals surface area contributed by atoms with Gasteiger partial charge in [0.1, 0.15) is 0 Å². The Morgan fingerprint density at radius 2 is 2.00 bits per heavy atom. The van der Waals surface area contributed by atoms with Crippen molar-refractivity contribution in [2.24, 2.45) is 11.8 Å². The molecule has 1 aromatic rings. The Hall–Kier alpha value is 0.170. The zero-order valence-corrected chi connectivity index (χ0v) is 15.1. The summed E-state index contributed by atoms with van der Waals surface area (Å²) in [6, 6.07) is 0. The highest BCUT2D eigenvalue weighted by Gasteiger charge is 2.27. The molecule has 1 heterocycles. The third kappa shape index (κ3) is 3.44. The van der Waals surface area contributed by atoms with E-state index in [2.05, 4.69) is 50.4 Å². The molecule has 108 valence electrons. The maximum absolute atomic E-state index is 4.72. The fraction of sp³-hybridized carbons (Fsp3) is 0.800. The van der Waals surface area contributed by atoms with Crippen molar-refractivity contribution in [2.75, 3.05) is 5.33 Å². The van der Waals surface area contributed by atoms with Crippen LogP contribution >= 0.6 is 31.9 Å². The van der Waals surface area contributed by atoms with Gasteiger partial charge in [0, 0.05) is 11.9 Å². The van der Waals surface area contributed by atoms with Crippen LogP contribution in [0.5, 0.6) is 0 Å². The van der Waals surface area contributed by atoms with Crippen LogP contribution in [-0.2, 0) is 19.4 Å². The minimum atomic E-state index is 0.755. The Kier molecular flexibility index (Phi) is 5.94. The minimum absolute atomic E-state index is 0.755. The second-order valence-corrected chi connectivity index (χ2v) is 6.98. The van der Waals surface area contributed by atoms with Crippen LogP contribution in [-0.4, -0.2) is 15.1 Å². The van der Waals surface area contributed by atoms with Gasteiger partial charge in [-0.15, -0.1) is 0 Å². The van der Waals surface area contributed by atoms with Gasteiger partial charge in [0.25, 0.3) is 0 Å². The largest absolute Gasteiger partial charge is 0.268 e. The zero-order chi connectivity index (χ0) is 13.8. The van der Waals surface area contributed by atoms with Gasteiger partial charge in [0.2, 0.25) is 0 Å². The van der Waals surface area contributed by atoms with E-state index in [4.69, 9.17) is 5.10 Å². The molecule has 4 heteroatoms. The van der Waals surface area contributed by atoms with Crippen molar-refractivity contribution in [1.29, 1.82) is 0 Å². The van der Waals surface area contributed by atoms with E-state index in [-0.39, 0.29) is 0 Å². The maximum Gasteiger partial charge on any atom is 0.0766 e. The highest BCUT2D eigenvalue weighted by molar-refractivity contribution is 9.10. The van der Waals surface area contributed by atoms with Crippen LogP contribution < -0.4 is 0 Å². The van der Waals surface area contributed by atoms with Crippen LogP contribution in [0.15, 0.2) is 4.47 Å². The maximum atomic E-state index is 4.72. The van der Waals surface area contributed by atoms with E-state index >= 15 is 0 Å². The van der Waals surface area contributed by atoms with E-state index in [0.717, 1.165) is 36.6 Å². The molecule has 0 amide bonds. The summed E-state index contributed by atoms with van der Waals surface area (Å²) in [5, 5.41) is 5.83. The van der Waals surface area contributed by atoms with E-state index in [1.54, 1.807) is 0 Å². The number of hydrogen-bond donors (Lipinski definition) is 0. The van der Waals surface area contributed by atoms with Crippen LogP contribution in [0.1, 0.15) is 50.9 Å². The average Bonchev–Trinajstić information content (AvgIpc) is 3.04. The molecule has 1 saturated carbocycles. The number of nitrogens with zero attached hydrogens (tertiary/aromatic N) is 2. The van der Waals surface area contributed by atoms with E-state index < -0.39 is 0 Å². The summed E-state index contributed by atoms with van der Waals surface area (Å²) in [6.45, 7) is 5.32. The number of aromatic nitrogens is 2. The number of alkyl halides is 1. The first-order valence-electron chi connectivity index (χ1n) is 7.51. The topological polar surface area (TPSA) is 17.8 Å². The minimum Gasteiger partial charge on any atom is -0.268 e. The van der Waals surface area contributed by atoms with Gasteiger partial charge in [-0.3, -0.25) is 4.68 Å². The lowest BCUT2D eigenvalue weighted by atomic mass is 9.88. The van der Waals surface area contributed by atoms with Crippen molar-refractivity contribution in [3.63, 3.8) is 0 Å². The van der Waals surface area contributed by atoms with Gasteiger partial charge >= 0.3 is 0 Å². The van der Waals surface area contributed by atoms with Gasteiger partial charge < -0.3 is 0 Å². The summed E-state index contributed by atoms with van der Waals surface area (Å²) in [7, 11) is 0. The van der Waals surface area contributed by atoms with Crippen LogP contribution in [0.25, 0.3) is 0 Å². The number of hydrogen-bond acceptors (Lipinski definition) is 1. The van der Waals surface area contributed by atoms with Crippen molar-refractivity contribution in [2.45, 2.75) is 58.9 Å². The molecular formula is C15H24Br2N2. The summed E-state index contributed by atoms with van der Waals surface area (Å²) < 4.78 is 3.44. The van der Waals surface area contributed by atoms with Gasteiger partial charge in [-0.2, -0.15) is 5.10 Å². The lowest BCUT2D eigenvalue weighted by Crippen LogP contribution is -2.18. The molecular weight excluding hydrogens is 368 g/mol. The van der Waals surface area contributed by atoms with E-state index in [0.29, 0.717) is 0 Å². The van der Waals surface area contributed by atoms with Crippen LogP contribution in [0, 0.1) is 11.8 Å². The highest BCUT2D eigenvalue weighted by Crippen LogP contribution is 2.36.